The molecule has 3 fully saturated rings. The molecule has 3 rings (SSSR count). The van der Waals surface area contributed by atoms with Gasteiger partial charge >= 0.3 is 5.97 Å². The lowest BCUT2D eigenvalue weighted by atomic mass is 9.83. The molecule has 3 saturated heterocycles. The first kappa shape index (κ1) is 14.0. The van der Waals surface area contributed by atoms with Gasteiger partial charge in [0.1, 0.15) is 29.7 Å². The number of rotatable bonds is 5. The lowest BCUT2D eigenvalue weighted by molar-refractivity contribution is -0.146. The maximum Gasteiger partial charge on any atom is 0.330 e. The van der Waals surface area contributed by atoms with E-state index in [-0.39, 0.29) is 19.3 Å². The molecule has 112 valence electrons. The summed E-state index contributed by atoms with van der Waals surface area (Å²) in [5.74, 6) is -0.525. The van der Waals surface area contributed by atoms with Gasteiger partial charge in [0.25, 0.3) is 10.1 Å². The molecule has 5 atom stereocenters. The average Bonchev–Trinajstić information content (AvgIpc) is 2.99. The van der Waals surface area contributed by atoms with Crippen LogP contribution in [0.5, 0.6) is 0 Å². The van der Waals surface area contributed by atoms with Gasteiger partial charge in [0.15, 0.2) is 0 Å². The Labute approximate surface area is 116 Å². The molecule has 0 spiro atoms. The average molecular weight is 304 g/mol. The Kier molecular flexibility index (Phi) is 3.16. The summed E-state index contributed by atoms with van der Waals surface area (Å²) in [6, 6.07) is 0. The highest BCUT2D eigenvalue weighted by molar-refractivity contribution is 7.87. The number of hydrogen-bond acceptors (Lipinski definition) is 7. The minimum atomic E-state index is -3.55. The van der Waals surface area contributed by atoms with Crippen molar-refractivity contribution in [2.45, 2.75) is 42.5 Å². The second-order valence-electron chi connectivity index (χ2n) is 5.28. The fourth-order valence-electron chi connectivity index (χ4n) is 3.11. The van der Waals surface area contributed by atoms with Crippen LogP contribution in [-0.4, -0.2) is 56.8 Å². The summed E-state index contributed by atoms with van der Waals surface area (Å²) in [5.41, 5.74) is -0.828. The lowest BCUT2D eigenvalue weighted by Crippen LogP contribution is -2.51. The smallest absolute Gasteiger partial charge is 0.330 e. The van der Waals surface area contributed by atoms with Crippen LogP contribution in [0, 0.1) is 0 Å². The minimum absolute atomic E-state index is 0.0702. The van der Waals surface area contributed by atoms with E-state index < -0.39 is 39.1 Å². The predicted molar refractivity (Wildman–Crippen MR) is 66.4 cm³/mol. The molecule has 3 heterocycles. The fourth-order valence-corrected chi connectivity index (χ4v) is 4.79. The van der Waals surface area contributed by atoms with E-state index in [0.717, 1.165) is 6.08 Å². The SMILES string of the molecule is C=CC(=O)OCCOC1(C)C2CC3C(O2)C1OS3(=O)=O. The van der Waals surface area contributed by atoms with Gasteiger partial charge in [0.05, 0.1) is 12.7 Å². The maximum absolute atomic E-state index is 11.8. The highest BCUT2D eigenvalue weighted by atomic mass is 32.2. The summed E-state index contributed by atoms with van der Waals surface area (Å²) >= 11 is 0. The Balaban J connectivity index is 1.63. The van der Waals surface area contributed by atoms with Crippen molar-refractivity contribution in [3.05, 3.63) is 12.7 Å². The van der Waals surface area contributed by atoms with Crippen LogP contribution in [0.1, 0.15) is 13.3 Å². The molecule has 0 aromatic rings. The number of carbonyl (C=O) groups is 1. The third kappa shape index (κ3) is 1.90. The van der Waals surface area contributed by atoms with Gasteiger partial charge in [0, 0.05) is 6.08 Å². The molecule has 0 N–H and O–H groups in total. The molecule has 0 amide bonds. The highest BCUT2D eigenvalue weighted by Crippen LogP contribution is 2.53. The van der Waals surface area contributed by atoms with Crippen LogP contribution in [0.15, 0.2) is 12.7 Å². The van der Waals surface area contributed by atoms with Crippen LogP contribution in [0.3, 0.4) is 0 Å². The summed E-state index contributed by atoms with van der Waals surface area (Å²) in [5, 5.41) is -0.576. The molecule has 3 aliphatic heterocycles. The summed E-state index contributed by atoms with van der Waals surface area (Å²) in [6.07, 6.45) is 0.0680. The van der Waals surface area contributed by atoms with Crippen LogP contribution in [-0.2, 0) is 33.3 Å². The van der Waals surface area contributed by atoms with Gasteiger partial charge in [0.2, 0.25) is 0 Å². The predicted octanol–water partition coefficient (Wildman–Crippen LogP) is -0.241. The number of esters is 1. The van der Waals surface area contributed by atoms with Crippen LogP contribution >= 0.6 is 0 Å². The number of hydrogen-bond donors (Lipinski definition) is 0. The van der Waals surface area contributed by atoms with E-state index in [9.17, 15) is 13.2 Å². The van der Waals surface area contributed by atoms with Crippen LogP contribution < -0.4 is 0 Å². The monoisotopic (exact) mass is 304 g/mol. The highest BCUT2D eigenvalue weighted by Gasteiger charge is 2.71. The molecule has 7 nitrogen and oxygen atoms in total. The molecule has 20 heavy (non-hydrogen) atoms. The maximum atomic E-state index is 11.8. The largest absolute Gasteiger partial charge is 0.460 e. The lowest BCUT2D eigenvalue weighted by Gasteiger charge is -2.33. The van der Waals surface area contributed by atoms with Gasteiger partial charge in [-0.05, 0) is 13.3 Å². The van der Waals surface area contributed by atoms with Gasteiger partial charge in [-0.25, -0.2) is 4.79 Å². The van der Waals surface area contributed by atoms with Crippen LogP contribution in [0.4, 0.5) is 0 Å². The summed E-state index contributed by atoms with van der Waals surface area (Å²) in [4.78, 5) is 10.9. The van der Waals surface area contributed by atoms with Crippen molar-refractivity contribution in [1.82, 2.24) is 0 Å². The summed E-state index contributed by atoms with van der Waals surface area (Å²) in [6.45, 7) is 5.28. The van der Waals surface area contributed by atoms with Crippen LogP contribution in [0.2, 0.25) is 0 Å². The van der Waals surface area contributed by atoms with Gasteiger partial charge in [-0.2, -0.15) is 8.42 Å². The van der Waals surface area contributed by atoms with Crippen molar-refractivity contribution in [2.75, 3.05) is 13.2 Å². The van der Waals surface area contributed by atoms with Gasteiger partial charge < -0.3 is 14.2 Å². The van der Waals surface area contributed by atoms with E-state index in [0.29, 0.717) is 6.42 Å². The second kappa shape index (κ2) is 4.52. The zero-order valence-electron chi connectivity index (χ0n) is 11.0. The Bertz CT molecular complexity index is 542. The third-order valence-electron chi connectivity index (χ3n) is 4.15. The second-order valence-corrected chi connectivity index (χ2v) is 7.06. The van der Waals surface area contributed by atoms with Gasteiger partial charge in [-0.3, -0.25) is 4.18 Å². The Morgan fingerprint density at radius 1 is 1.50 bits per heavy atom. The first-order chi connectivity index (χ1) is 9.38. The number of ether oxygens (including phenoxy) is 3. The van der Waals surface area contributed by atoms with E-state index in [4.69, 9.17) is 18.4 Å². The van der Waals surface area contributed by atoms with E-state index in [1.807, 2.05) is 0 Å². The molecule has 0 radical (unpaired) electrons. The zero-order valence-corrected chi connectivity index (χ0v) is 11.8. The van der Waals surface area contributed by atoms with Crippen molar-refractivity contribution in [3.8, 4) is 0 Å². The first-order valence-corrected chi connectivity index (χ1v) is 7.86. The Morgan fingerprint density at radius 3 is 2.95 bits per heavy atom. The number of fused-ring (bicyclic) bond motifs is 1. The van der Waals surface area contributed by atoms with E-state index in [1.54, 1.807) is 6.92 Å². The molecule has 2 bridgehead atoms. The topological polar surface area (TPSA) is 88.1 Å². The summed E-state index contributed by atoms with van der Waals surface area (Å²) < 4.78 is 44.9. The summed E-state index contributed by atoms with van der Waals surface area (Å²) in [7, 11) is -3.55. The van der Waals surface area contributed by atoms with Gasteiger partial charge in [-0.1, -0.05) is 6.58 Å². The van der Waals surface area contributed by atoms with E-state index >= 15 is 0 Å². The molecule has 8 heteroatoms. The zero-order chi connectivity index (χ0) is 14.5. The fraction of sp³-hybridized carbons (Fsp3) is 0.750. The Hall–Kier alpha value is -0.960. The van der Waals surface area contributed by atoms with Crippen molar-refractivity contribution in [1.29, 1.82) is 0 Å². The van der Waals surface area contributed by atoms with Crippen molar-refractivity contribution >= 4 is 16.1 Å². The third-order valence-corrected chi connectivity index (χ3v) is 5.83. The van der Waals surface area contributed by atoms with Crippen molar-refractivity contribution in [2.24, 2.45) is 0 Å². The molecule has 0 saturated carbocycles. The minimum Gasteiger partial charge on any atom is -0.460 e. The van der Waals surface area contributed by atoms with E-state index in [2.05, 4.69) is 6.58 Å². The molecule has 0 aromatic carbocycles. The normalized spacial score (nSPS) is 43.6. The van der Waals surface area contributed by atoms with Crippen molar-refractivity contribution in [3.63, 3.8) is 0 Å². The molecule has 3 aliphatic rings. The van der Waals surface area contributed by atoms with Gasteiger partial charge in [-0.15, -0.1) is 0 Å². The Morgan fingerprint density at radius 2 is 2.25 bits per heavy atom. The molecular formula is C12H16O7S. The van der Waals surface area contributed by atoms with Crippen LogP contribution in [0.25, 0.3) is 0 Å². The quantitative estimate of drug-likeness (QED) is 0.300. The van der Waals surface area contributed by atoms with Crippen molar-refractivity contribution < 1.29 is 31.6 Å². The molecule has 0 aliphatic carbocycles. The molecule has 0 aromatic heterocycles. The molecular weight excluding hydrogens is 288 g/mol. The molecule has 5 unspecified atom stereocenters. The van der Waals surface area contributed by atoms with E-state index in [1.165, 1.54) is 0 Å². The number of carbonyl (C=O) groups excluding carboxylic acids is 1. The first-order valence-electron chi connectivity index (χ1n) is 6.39. The standard InChI is InChI=1S/C12H16O7S/c1-3-9(13)16-4-5-17-12(2)8-6-7-10(18-8)11(12)19-20(7,14)15/h3,7-8,10-11H,1,4-6H2,2H3.